The average Bonchev–Trinajstić information content (AvgIpc) is 2.20. The fraction of sp³-hybridized carbons (Fsp3) is 0.364. The number of rotatable bonds is 2. The molecule has 4 heteroatoms. The van der Waals surface area contributed by atoms with Crippen LogP contribution < -0.4 is 9.64 Å². The third-order valence-electron chi connectivity index (χ3n) is 2.46. The smallest absolute Gasteiger partial charge is 0.143 e. The topological polar surface area (TPSA) is 29.5 Å². The van der Waals surface area contributed by atoms with Gasteiger partial charge in [-0.2, -0.15) is 0 Å². The molecular weight excluding hydrogens is 197 g/mol. The molecule has 0 N–H and O–H groups in total. The van der Waals surface area contributed by atoms with Crippen molar-refractivity contribution in [2.24, 2.45) is 0 Å². The van der Waals surface area contributed by atoms with Gasteiger partial charge in [0.05, 0.1) is 12.2 Å². The van der Waals surface area contributed by atoms with Crippen molar-refractivity contribution in [3.8, 4) is 5.75 Å². The molecular formula is C11H12FNO2. The van der Waals surface area contributed by atoms with Gasteiger partial charge in [-0.15, -0.1) is 0 Å². The fourth-order valence-corrected chi connectivity index (χ4v) is 1.74. The first kappa shape index (κ1) is 9.96. The Balaban J connectivity index is 2.28. The summed E-state index contributed by atoms with van der Waals surface area (Å²) in [6.07, 6.45) is 1.07. The van der Waals surface area contributed by atoms with Gasteiger partial charge in [-0.3, -0.25) is 0 Å². The van der Waals surface area contributed by atoms with E-state index in [0.29, 0.717) is 18.7 Å². The summed E-state index contributed by atoms with van der Waals surface area (Å²) in [4.78, 5) is 12.3. The largest absolute Gasteiger partial charge is 0.486 e. The molecule has 1 atom stereocenters. The maximum Gasteiger partial charge on any atom is 0.143 e. The van der Waals surface area contributed by atoms with E-state index in [0.717, 1.165) is 12.0 Å². The van der Waals surface area contributed by atoms with Crippen molar-refractivity contribution in [2.45, 2.75) is 12.5 Å². The number of benzene rings is 1. The average molecular weight is 209 g/mol. The number of fused-ring (bicyclic) bond motifs is 1. The van der Waals surface area contributed by atoms with Crippen LogP contribution in [0.5, 0.6) is 5.75 Å². The second-order valence-electron chi connectivity index (χ2n) is 3.63. The van der Waals surface area contributed by atoms with Crippen molar-refractivity contribution in [1.29, 1.82) is 0 Å². The van der Waals surface area contributed by atoms with E-state index in [9.17, 15) is 9.18 Å². The second-order valence-corrected chi connectivity index (χ2v) is 3.63. The number of carbonyl (C=O) groups is 1. The summed E-state index contributed by atoms with van der Waals surface area (Å²) in [7, 11) is 1.86. The quantitative estimate of drug-likeness (QED) is 0.693. The third-order valence-corrected chi connectivity index (χ3v) is 2.46. The van der Waals surface area contributed by atoms with Crippen LogP contribution >= 0.6 is 0 Å². The molecule has 0 amide bonds. The lowest BCUT2D eigenvalue weighted by Gasteiger charge is -2.33. The first-order valence-electron chi connectivity index (χ1n) is 4.81. The van der Waals surface area contributed by atoms with Crippen LogP contribution in [-0.2, 0) is 4.79 Å². The van der Waals surface area contributed by atoms with Crippen molar-refractivity contribution in [2.75, 3.05) is 18.5 Å². The van der Waals surface area contributed by atoms with Crippen LogP contribution in [0.15, 0.2) is 18.2 Å². The van der Waals surface area contributed by atoms with E-state index in [-0.39, 0.29) is 11.9 Å². The highest BCUT2D eigenvalue weighted by molar-refractivity contribution is 5.61. The van der Waals surface area contributed by atoms with Gasteiger partial charge in [0, 0.05) is 19.5 Å². The summed E-state index contributed by atoms with van der Waals surface area (Å²) in [5.74, 6) is 0.357. The van der Waals surface area contributed by atoms with Crippen molar-refractivity contribution in [3.05, 3.63) is 24.0 Å². The summed E-state index contributed by atoms with van der Waals surface area (Å²) in [6, 6.07) is 4.39. The summed E-state index contributed by atoms with van der Waals surface area (Å²) < 4.78 is 18.5. The normalized spacial score (nSPS) is 19.3. The third kappa shape index (κ3) is 1.93. The van der Waals surface area contributed by atoms with Crippen molar-refractivity contribution in [3.63, 3.8) is 0 Å². The standard InChI is InChI=1S/C11H12FNO2/c1-13-7-9(4-5-14)15-11-3-2-8(12)6-10(11)13/h2-3,5-6,9H,4,7H2,1H3. The van der Waals surface area contributed by atoms with Gasteiger partial charge in [-0.1, -0.05) is 0 Å². The highest BCUT2D eigenvalue weighted by Crippen LogP contribution is 2.33. The van der Waals surface area contributed by atoms with E-state index in [4.69, 9.17) is 4.74 Å². The Labute approximate surface area is 87.5 Å². The number of halogens is 1. The lowest BCUT2D eigenvalue weighted by Crippen LogP contribution is -2.37. The summed E-state index contributed by atoms with van der Waals surface area (Å²) in [5.41, 5.74) is 0.733. The van der Waals surface area contributed by atoms with E-state index in [1.807, 2.05) is 11.9 Å². The Morgan fingerprint density at radius 3 is 3.20 bits per heavy atom. The number of likely N-dealkylation sites (N-methyl/N-ethyl adjacent to an activating group) is 1. The van der Waals surface area contributed by atoms with Crippen LogP contribution in [0.3, 0.4) is 0 Å². The zero-order valence-electron chi connectivity index (χ0n) is 8.44. The number of aldehydes is 1. The van der Waals surface area contributed by atoms with E-state index in [2.05, 4.69) is 0 Å². The molecule has 1 unspecified atom stereocenters. The molecule has 0 saturated heterocycles. The van der Waals surface area contributed by atoms with Gasteiger partial charge >= 0.3 is 0 Å². The molecule has 0 aliphatic carbocycles. The Bertz CT molecular complexity index is 381. The molecule has 3 nitrogen and oxygen atoms in total. The first-order valence-corrected chi connectivity index (χ1v) is 4.81. The summed E-state index contributed by atoms with van der Waals surface area (Å²) in [6.45, 7) is 0.606. The number of nitrogens with zero attached hydrogens (tertiary/aromatic N) is 1. The number of hydrogen-bond acceptors (Lipinski definition) is 3. The van der Waals surface area contributed by atoms with Crippen LogP contribution in [0.2, 0.25) is 0 Å². The minimum absolute atomic E-state index is 0.134. The molecule has 1 aliphatic rings. The van der Waals surface area contributed by atoms with E-state index < -0.39 is 0 Å². The predicted octanol–water partition coefficient (Wildman–Crippen LogP) is 1.61. The Morgan fingerprint density at radius 1 is 1.67 bits per heavy atom. The summed E-state index contributed by atoms with van der Waals surface area (Å²) in [5, 5.41) is 0. The van der Waals surface area contributed by atoms with Gasteiger partial charge in [-0.25, -0.2) is 4.39 Å². The monoisotopic (exact) mass is 209 g/mol. The molecule has 0 radical (unpaired) electrons. The molecule has 0 spiro atoms. The Kier molecular flexibility index (Phi) is 2.58. The van der Waals surface area contributed by atoms with E-state index in [1.165, 1.54) is 12.1 Å². The Hall–Kier alpha value is -1.58. The first-order chi connectivity index (χ1) is 7.20. The molecule has 0 fully saturated rings. The molecule has 15 heavy (non-hydrogen) atoms. The predicted molar refractivity (Wildman–Crippen MR) is 54.8 cm³/mol. The van der Waals surface area contributed by atoms with Gasteiger partial charge in [0.25, 0.3) is 0 Å². The fourth-order valence-electron chi connectivity index (χ4n) is 1.74. The molecule has 80 valence electrons. The molecule has 0 aromatic heterocycles. The second kappa shape index (κ2) is 3.88. The molecule has 1 aromatic rings. The van der Waals surface area contributed by atoms with Crippen molar-refractivity contribution < 1.29 is 13.9 Å². The van der Waals surface area contributed by atoms with Crippen LogP contribution in [0.1, 0.15) is 6.42 Å². The lowest BCUT2D eigenvalue weighted by molar-refractivity contribution is -0.109. The molecule has 1 aromatic carbocycles. The minimum atomic E-state index is -0.280. The number of carbonyl (C=O) groups excluding carboxylic acids is 1. The van der Waals surface area contributed by atoms with Gasteiger partial charge in [0.1, 0.15) is 24.0 Å². The Morgan fingerprint density at radius 2 is 2.47 bits per heavy atom. The van der Waals surface area contributed by atoms with Crippen molar-refractivity contribution in [1.82, 2.24) is 0 Å². The molecule has 2 rings (SSSR count). The van der Waals surface area contributed by atoms with Crippen molar-refractivity contribution >= 4 is 12.0 Å². The van der Waals surface area contributed by atoms with E-state index >= 15 is 0 Å². The van der Waals surface area contributed by atoms with Crippen LogP contribution in [0, 0.1) is 5.82 Å². The number of hydrogen-bond donors (Lipinski definition) is 0. The highest BCUT2D eigenvalue weighted by atomic mass is 19.1. The zero-order valence-corrected chi connectivity index (χ0v) is 8.44. The van der Waals surface area contributed by atoms with Gasteiger partial charge in [0.15, 0.2) is 0 Å². The minimum Gasteiger partial charge on any atom is -0.486 e. The summed E-state index contributed by atoms with van der Waals surface area (Å²) >= 11 is 0. The van der Waals surface area contributed by atoms with Crippen LogP contribution in [0.4, 0.5) is 10.1 Å². The molecule has 1 aliphatic heterocycles. The van der Waals surface area contributed by atoms with E-state index in [1.54, 1.807) is 6.07 Å². The van der Waals surface area contributed by atoms with Crippen LogP contribution in [-0.4, -0.2) is 26.0 Å². The molecule has 0 saturated carbocycles. The maximum atomic E-state index is 13.0. The maximum absolute atomic E-state index is 13.0. The SMILES string of the molecule is CN1CC(CC=O)Oc2ccc(F)cc21. The lowest BCUT2D eigenvalue weighted by atomic mass is 10.1. The molecule has 1 heterocycles. The van der Waals surface area contributed by atoms with Gasteiger partial charge < -0.3 is 14.4 Å². The van der Waals surface area contributed by atoms with Gasteiger partial charge in [0.2, 0.25) is 0 Å². The zero-order chi connectivity index (χ0) is 10.8. The number of ether oxygens (including phenoxy) is 1. The highest BCUT2D eigenvalue weighted by Gasteiger charge is 2.23. The van der Waals surface area contributed by atoms with Gasteiger partial charge in [-0.05, 0) is 12.1 Å². The number of anilines is 1. The molecule has 0 bridgehead atoms. The van der Waals surface area contributed by atoms with Crippen LogP contribution in [0.25, 0.3) is 0 Å².